The lowest BCUT2D eigenvalue weighted by Crippen LogP contribution is -2.58. The molecule has 2 bridgehead atoms. The van der Waals surface area contributed by atoms with Gasteiger partial charge in [-0.25, -0.2) is 0 Å². The normalized spacial score (nSPS) is 41.1. The van der Waals surface area contributed by atoms with Crippen LogP contribution in [0.25, 0.3) is 0 Å². The fourth-order valence-electron chi connectivity index (χ4n) is 8.10. The summed E-state index contributed by atoms with van der Waals surface area (Å²) in [6.07, 6.45) is -3.51. The summed E-state index contributed by atoms with van der Waals surface area (Å²) in [5, 5.41) is 15.0. The first-order valence-corrected chi connectivity index (χ1v) is 17.8. The zero-order valence-electron chi connectivity index (χ0n) is 32.0. The number of fused-ring (bicyclic) bond motifs is 4. The van der Waals surface area contributed by atoms with Crippen LogP contribution in [0.5, 0.6) is 0 Å². The molecule has 3 aliphatic heterocycles. The van der Waals surface area contributed by atoms with Gasteiger partial charge in [0.25, 0.3) is 0 Å². The molecular weight excluding hydrogens is 648 g/mol. The van der Waals surface area contributed by atoms with E-state index in [9.17, 15) is 29.1 Å². The molecule has 0 saturated carbocycles. The molecule has 1 saturated heterocycles. The Bertz CT molecular complexity index is 1310. The number of amides is 1. The average molecular weight is 709 g/mol. The van der Waals surface area contributed by atoms with Crippen LogP contribution in [-0.4, -0.2) is 114 Å². The van der Waals surface area contributed by atoms with Gasteiger partial charge in [0.05, 0.1) is 23.9 Å². The number of ether oxygens (including phenoxy) is 5. The predicted octanol–water partition coefficient (Wildman–Crippen LogP) is 3.14. The van der Waals surface area contributed by atoms with E-state index in [-0.39, 0.29) is 43.1 Å². The Labute approximate surface area is 297 Å². The number of aliphatic hydroxyl groups is 1. The summed E-state index contributed by atoms with van der Waals surface area (Å²) in [6, 6.07) is -0.0874. The zero-order valence-corrected chi connectivity index (χ0v) is 32.0. The molecule has 50 heavy (non-hydrogen) atoms. The van der Waals surface area contributed by atoms with Crippen molar-refractivity contribution in [3.05, 3.63) is 11.3 Å². The SMILES string of the molecule is CC[C@H]1OC(=O)[C@H](C)C(=O)[C@H](C)[C@@H](O[C@@H]2O[C@H](C)C[C@H](N(C)C)[C@H]2CC(C)=O)[C@@]2(C)C/C(C)=C(/NC(C)=O)[C@H](C)[C@@H](OCC(=O)CO2)[C@]1(C)O. The average Bonchev–Trinajstić information content (AvgIpc) is 3.03. The van der Waals surface area contributed by atoms with E-state index in [0.29, 0.717) is 17.7 Å². The second-order valence-electron chi connectivity index (χ2n) is 15.4. The lowest BCUT2D eigenvalue weighted by atomic mass is 9.76. The van der Waals surface area contributed by atoms with Crippen molar-refractivity contribution in [2.24, 2.45) is 23.7 Å². The summed E-state index contributed by atoms with van der Waals surface area (Å²) < 4.78 is 31.8. The Morgan fingerprint density at radius 1 is 1.04 bits per heavy atom. The Kier molecular flexibility index (Phi) is 14.1. The quantitative estimate of drug-likeness (QED) is 0.294. The number of rotatable bonds is 7. The second kappa shape index (κ2) is 16.9. The molecule has 0 spiro atoms. The number of nitrogens with zero attached hydrogens (tertiary/aromatic N) is 1. The van der Waals surface area contributed by atoms with Crippen molar-refractivity contribution >= 4 is 29.2 Å². The smallest absolute Gasteiger partial charge is 0.316 e. The van der Waals surface area contributed by atoms with E-state index >= 15 is 0 Å². The van der Waals surface area contributed by atoms with Crippen molar-refractivity contribution in [3.8, 4) is 0 Å². The maximum absolute atomic E-state index is 14.3. The third-order valence-electron chi connectivity index (χ3n) is 10.7. The third-order valence-corrected chi connectivity index (χ3v) is 10.7. The lowest BCUT2D eigenvalue weighted by Gasteiger charge is -2.48. The van der Waals surface area contributed by atoms with Crippen molar-refractivity contribution in [1.29, 1.82) is 0 Å². The minimum Gasteiger partial charge on any atom is -0.459 e. The van der Waals surface area contributed by atoms with Gasteiger partial charge in [-0.3, -0.25) is 19.2 Å². The first kappa shape index (κ1) is 41.9. The van der Waals surface area contributed by atoms with Crippen LogP contribution in [0.2, 0.25) is 0 Å². The van der Waals surface area contributed by atoms with Crippen LogP contribution in [0, 0.1) is 23.7 Å². The van der Waals surface area contributed by atoms with E-state index in [2.05, 4.69) is 5.32 Å². The van der Waals surface area contributed by atoms with Gasteiger partial charge in [0.2, 0.25) is 5.91 Å². The Morgan fingerprint density at radius 3 is 2.24 bits per heavy atom. The molecule has 13 nitrogen and oxygen atoms in total. The molecular formula is C37H60N2O11. The number of hydrogen-bond donors (Lipinski definition) is 2. The fourth-order valence-corrected chi connectivity index (χ4v) is 8.10. The molecule has 2 N–H and O–H groups in total. The second-order valence-corrected chi connectivity index (χ2v) is 15.4. The first-order chi connectivity index (χ1) is 23.1. The highest BCUT2D eigenvalue weighted by Crippen LogP contribution is 2.41. The standard InChI is InChI=1S/C37H60N2O11/c1-13-29-37(10,45)33-22(5)30(38-25(8)41)19(2)16-36(9,47-18-26(42)17-46-33)32(23(6)31(43)24(7)34(44)49-29)50-35-27(14-20(3)40)28(39(11)12)15-21(4)48-35/h21-24,27-29,32-33,35,45H,13-18H2,1-12H3,(H,38,41)/b30-19+/t21-,22+,23+,24-,27-,28+,29-,32-,33-,35+,36-,37-/m1/s1. The zero-order chi connectivity index (χ0) is 37.9. The van der Waals surface area contributed by atoms with Crippen LogP contribution in [0.3, 0.4) is 0 Å². The summed E-state index contributed by atoms with van der Waals surface area (Å²) in [7, 11) is 3.87. The number of Topliss-reactive ketones (excluding diaryl/α,β-unsaturated/α-hetero) is 3. The van der Waals surface area contributed by atoms with Crippen molar-refractivity contribution < 1.29 is 52.8 Å². The Morgan fingerprint density at radius 2 is 1.68 bits per heavy atom. The van der Waals surface area contributed by atoms with Gasteiger partial charge in [-0.15, -0.1) is 0 Å². The predicted molar refractivity (Wildman–Crippen MR) is 184 cm³/mol. The number of hydrogen-bond acceptors (Lipinski definition) is 12. The molecule has 284 valence electrons. The number of carbonyl (C=O) groups is 5. The van der Waals surface area contributed by atoms with E-state index in [0.717, 1.165) is 0 Å². The molecule has 13 heteroatoms. The topological polar surface area (TPSA) is 167 Å². The maximum atomic E-state index is 14.3. The van der Waals surface area contributed by atoms with Gasteiger partial charge >= 0.3 is 5.97 Å². The van der Waals surface area contributed by atoms with Gasteiger partial charge in [-0.05, 0) is 68.5 Å². The van der Waals surface area contributed by atoms with Crippen LogP contribution in [0.1, 0.15) is 94.9 Å². The van der Waals surface area contributed by atoms with Crippen molar-refractivity contribution in [2.75, 3.05) is 27.3 Å². The number of ketones is 3. The highest BCUT2D eigenvalue weighted by atomic mass is 16.7. The molecule has 0 radical (unpaired) electrons. The van der Waals surface area contributed by atoms with Crippen LogP contribution in [0.4, 0.5) is 0 Å². The van der Waals surface area contributed by atoms with Crippen LogP contribution in [-0.2, 0) is 47.7 Å². The van der Waals surface area contributed by atoms with Crippen molar-refractivity contribution in [3.63, 3.8) is 0 Å². The minimum absolute atomic E-state index is 0.0493. The molecule has 0 aromatic rings. The summed E-state index contributed by atoms with van der Waals surface area (Å²) in [4.78, 5) is 68.7. The van der Waals surface area contributed by atoms with Crippen LogP contribution in [0.15, 0.2) is 11.3 Å². The van der Waals surface area contributed by atoms with E-state index in [1.54, 1.807) is 27.7 Å². The molecule has 3 aliphatic rings. The summed E-state index contributed by atoms with van der Waals surface area (Å²) >= 11 is 0. The minimum atomic E-state index is -1.85. The largest absolute Gasteiger partial charge is 0.459 e. The number of cyclic esters (lactones) is 1. The van der Waals surface area contributed by atoms with Gasteiger partial charge in [0, 0.05) is 49.3 Å². The van der Waals surface area contributed by atoms with Crippen molar-refractivity contribution in [1.82, 2.24) is 10.2 Å². The number of esters is 1. The summed E-state index contributed by atoms with van der Waals surface area (Å²) in [5.74, 6) is -5.55. The number of carbonyl (C=O) groups excluding carboxylic acids is 5. The molecule has 0 aromatic carbocycles. The first-order valence-electron chi connectivity index (χ1n) is 17.8. The van der Waals surface area contributed by atoms with Crippen LogP contribution < -0.4 is 5.32 Å². The monoisotopic (exact) mass is 708 g/mol. The van der Waals surface area contributed by atoms with Crippen molar-refractivity contribution in [2.45, 2.75) is 143 Å². The van der Waals surface area contributed by atoms with Gasteiger partial charge in [0.15, 0.2) is 17.9 Å². The van der Waals surface area contributed by atoms with Gasteiger partial charge in [0.1, 0.15) is 36.6 Å². The maximum Gasteiger partial charge on any atom is 0.316 e. The van der Waals surface area contributed by atoms with E-state index in [1.165, 1.54) is 27.7 Å². The fraction of sp³-hybridized carbons (Fsp3) is 0.811. The lowest BCUT2D eigenvalue weighted by molar-refractivity contribution is -0.283. The molecule has 12 atom stereocenters. The highest BCUT2D eigenvalue weighted by molar-refractivity contribution is 6.00. The molecule has 1 amide bonds. The molecule has 0 aliphatic carbocycles. The molecule has 0 unspecified atom stereocenters. The number of nitrogens with one attached hydrogen (secondary N) is 1. The molecule has 0 aromatic heterocycles. The Hall–Kier alpha value is -2.55. The molecule has 1 fully saturated rings. The Balaban J connectivity index is 2.35. The highest BCUT2D eigenvalue weighted by Gasteiger charge is 2.52. The van der Waals surface area contributed by atoms with Crippen LogP contribution >= 0.6 is 0 Å². The van der Waals surface area contributed by atoms with E-state index in [4.69, 9.17) is 23.7 Å². The van der Waals surface area contributed by atoms with Gasteiger partial charge in [-0.2, -0.15) is 0 Å². The third kappa shape index (κ3) is 9.46. The van der Waals surface area contributed by atoms with Gasteiger partial charge < -0.3 is 43.8 Å². The summed E-state index contributed by atoms with van der Waals surface area (Å²) in [6.45, 7) is 15.6. The van der Waals surface area contributed by atoms with E-state index < -0.39 is 90.2 Å². The van der Waals surface area contributed by atoms with Gasteiger partial charge in [-0.1, -0.05) is 26.3 Å². The molecule has 3 rings (SSSR count). The summed E-state index contributed by atoms with van der Waals surface area (Å²) in [5.41, 5.74) is -2.19. The van der Waals surface area contributed by atoms with E-state index in [1.807, 2.05) is 32.8 Å². The molecule has 3 heterocycles.